The van der Waals surface area contributed by atoms with Crippen LogP contribution in [0.5, 0.6) is 5.75 Å². The zero-order valence-corrected chi connectivity index (χ0v) is 11.4. The maximum Gasteiger partial charge on any atom is 0.136 e. The number of H-pyrrole nitrogens is 1. The van der Waals surface area contributed by atoms with E-state index in [-0.39, 0.29) is 6.54 Å². The van der Waals surface area contributed by atoms with Crippen LogP contribution in [0.2, 0.25) is 0 Å². The smallest absolute Gasteiger partial charge is 0.136 e. The summed E-state index contributed by atoms with van der Waals surface area (Å²) in [5.74, 6) is 1.38. The van der Waals surface area contributed by atoms with Crippen LogP contribution in [0.3, 0.4) is 0 Å². The van der Waals surface area contributed by atoms with Gasteiger partial charge in [-0.3, -0.25) is 0 Å². The van der Waals surface area contributed by atoms with Crippen LogP contribution in [0, 0.1) is 13.8 Å². The number of nitrogens with two attached hydrogens (primary N) is 1. The Morgan fingerprint density at radius 1 is 1.37 bits per heavy atom. The van der Waals surface area contributed by atoms with Crippen molar-refractivity contribution >= 4 is 0 Å². The van der Waals surface area contributed by atoms with E-state index in [9.17, 15) is 5.11 Å². The van der Waals surface area contributed by atoms with Crippen molar-refractivity contribution in [2.75, 3.05) is 13.7 Å². The number of nitrogens with zero attached hydrogens (tertiary/aromatic N) is 1. The van der Waals surface area contributed by atoms with Crippen LogP contribution in [0.4, 0.5) is 0 Å². The van der Waals surface area contributed by atoms with Gasteiger partial charge in [-0.2, -0.15) is 0 Å². The van der Waals surface area contributed by atoms with Gasteiger partial charge in [0.25, 0.3) is 0 Å². The summed E-state index contributed by atoms with van der Waals surface area (Å²) in [5, 5.41) is 9.64. The van der Waals surface area contributed by atoms with E-state index >= 15 is 0 Å². The molecule has 0 aliphatic rings. The summed E-state index contributed by atoms with van der Waals surface area (Å²) in [7, 11) is 1.67. The second-order valence-electron chi connectivity index (χ2n) is 4.58. The molecule has 102 valence electrons. The normalized spacial score (nSPS) is 12.5. The third-order valence-corrected chi connectivity index (χ3v) is 3.11. The van der Waals surface area contributed by atoms with Crippen molar-refractivity contribution in [1.29, 1.82) is 0 Å². The number of hydrogen-bond donors (Lipinski definition) is 3. The molecule has 5 heteroatoms. The third kappa shape index (κ3) is 2.62. The first kappa shape index (κ1) is 13.6. The number of aromatic amines is 1. The first-order valence-corrected chi connectivity index (χ1v) is 6.15. The maximum absolute atomic E-state index is 9.64. The molecule has 0 spiro atoms. The lowest BCUT2D eigenvalue weighted by Gasteiger charge is -2.10. The average molecular weight is 261 g/mol. The average Bonchev–Trinajstić information content (AvgIpc) is 2.87. The van der Waals surface area contributed by atoms with Gasteiger partial charge in [0.05, 0.1) is 19.0 Å². The summed E-state index contributed by atoms with van der Waals surface area (Å²) >= 11 is 0. The molecular weight excluding hydrogens is 242 g/mol. The molecule has 1 unspecified atom stereocenters. The van der Waals surface area contributed by atoms with E-state index in [2.05, 4.69) is 9.97 Å². The first-order valence-electron chi connectivity index (χ1n) is 6.15. The van der Waals surface area contributed by atoms with Gasteiger partial charge in [-0.25, -0.2) is 4.98 Å². The minimum Gasteiger partial charge on any atom is -0.496 e. The summed E-state index contributed by atoms with van der Waals surface area (Å²) < 4.78 is 5.35. The van der Waals surface area contributed by atoms with E-state index in [1.165, 1.54) is 0 Å². The van der Waals surface area contributed by atoms with Gasteiger partial charge in [-0.15, -0.1) is 0 Å². The van der Waals surface area contributed by atoms with Gasteiger partial charge in [0.1, 0.15) is 17.7 Å². The fraction of sp³-hybridized carbons (Fsp3) is 0.357. The van der Waals surface area contributed by atoms with Crippen LogP contribution in [0.15, 0.2) is 18.3 Å². The number of aliphatic hydroxyl groups is 1. The highest BCUT2D eigenvalue weighted by Crippen LogP contribution is 2.29. The van der Waals surface area contributed by atoms with Gasteiger partial charge in [-0.05, 0) is 37.1 Å². The molecule has 1 aromatic heterocycles. The highest BCUT2D eigenvalue weighted by atomic mass is 16.5. The molecule has 0 aliphatic carbocycles. The predicted octanol–water partition coefficient (Wildman–Crippen LogP) is 1.69. The highest BCUT2D eigenvalue weighted by molar-refractivity contribution is 5.63. The molecule has 2 rings (SSSR count). The number of rotatable bonds is 4. The van der Waals surface area contributed by atoms with Gasteiger partial charge in [0, 0.05) is 12.1 Å². The zero-order valence-electron chi connectivity index (χ0n) is 11.4. The summed E-state index contributed by atoms with van der Waals surface area (Å²) in [5.41, 5.74) is 9.41. The van der Waals surface area contributed by atoms with Crippen molar-refractivity contribution in [1.82, 2.24) is 9.97 Å². The number of aromatic nitrogens is 2. The summed E-state index contributed by atoms with van der Waals surface area (Å²) in [4.78, 5) is 7.24. The molecule has 1 aromatic carbocycles. The fourth-order valence-corrected chi connectivity index (χ4v) is 2.19. The molecule has 4 N–H and O–H groups in total. The molecular formula is C14H19N3O2. The number of aliphatic hydroxyl groups excluding tert-OH is 1. The number of imidazole rings is 1. The van der Waals surface area contributed by atoms with Gasteiger partial charge in [0.15, 0.2) is 0 Å². The molecule has 0 saturated heterocycles. The van der Waals surface area contributed by atoms with Crippen LogP contribution < -0.4 is 10.5 Å². The minimum atomic E-state index is -0.755. The van der Waals surface area contributed by atoms with Crippen LogP contribution in [-0.2, 0) is 0 Å². The van der Waals surface area contributed by atoms with Crippen molar-refractivity contribution < 1.29 is 9.84 Å². The quantitative estimate of drug-likeness (QED) is 0.782. The Labute approximate surface area is 112 Å². The largest absolute Gasteiger partial charge is 0.496 e. The van der Waals surface area contributed by atoms with Crippen molar-refractivity contribution in [3.63, 3.8) is 0 Å². The van der Waals surface area contributed by atoms with E-state index in [4.69, 9.17) is 10.5 Å². The number of benzene rings is 1. The van der Waals surface area contributed by atoms with E-state index in [0.717, 1.165) is 28.1 Å². The highest BCUT2D eigenvalue weighted by Gasteiger charge is 2.12. The minimum absolute atomic E-state index is 0.146. The Hall–Kier alpha value is -1.85. The van der Waals surface area contributed by atoms with Crippen LogP contribution in [-0.4, -0.2) is 28.7 Å². The number of nitrogens with one attached hydrogen (secondary N) is 1. The summed E-state index contributed by atoms with van der Waals surface area (Å²) in [6, 6.07) is 4.05. The van der Waals surface area contributed by atoms with E-state index in [0.29, 0.717) is 5.82 Å². The lowest BCUT2D eigenvalue weighted by Crippen LogP contribution is -2.12. The molecule has 0 radical (unpaired) electrons. The Morgan fingerprint density at radius 3 is 2.53 bits per heavy atom. The monoisotopic (exact) mass is 261 g/mol. The number of ether oxygens (including phenoxy) is 1. The van der Waals surface area contributed by atoms with Gasteiger partial charge in [0.2, 0.25) is 0 Å². The Morgan fingerprint density at radius 2 is 2.00 bits per heavy atom. The molecule has 0 saturated carbocycles. The zero-order chi connectivity index (χ0) is 14.0. The van der Waals surface area contributed by atoms with Crippen molar-refractivity contribution in [2.45, 2.75) is 20.0 Å². The molecule has 0 amide bonds. The maximum atomic E-state index is 9.64. The van der Waals surface area contributed by atoms with Crippen LogP contribution in [0.1, 0.15) is 23.1 Å². The van der Waals surface area contributed by atoms with Crippen LogP contribution >= 0.6 is 0 Å². The molecule has 0 bridgehead atoms. The molecule has 1 heterocycles. The Balaban J connectivity index is 2.39. The molecule has 2 aromatic rings. The van der Waals surface area contributed by atoms with E-state index in [1.54, 1.807) is 13.3 Å². The molecule has 0 aliphatic heterocycles. The predicted molar refractivity (Wildman–Crippen MR) is 74.1 cm³/mol. The molecule has 5 nitrogen and oxygen atoms in total. The second-order valence-corrected chi connectivity index (χ2v) is 4.58. The Bertz CT molecular complexity index is 555. The summed E-state index contributed by atoms with van der Waals surface area (Å²) in [6.45, 7) is 4.15. The van der Waals surface area contributed by atoms with E-state index in [1.807, 2.05) is 26.0 Å². The van der Waals surface area contributed by atoms with Gasteiger partial charge < -0.3 is 20.6 Å². The fourth-order valence-electron chi connectivity index (χ4n) is 2.19. The SMILES string of the molecule is COc1c(C)cc(-c2cnc(C(O)CN)[nH]2)cc1C. The van der Waals surface area contributed by atoms with Crippen molar-refractivity contribution in [2.24, 2.45) is 5.73 Å². The summed E-state index contributed by atoms with van der Waals surface area (Å²) in [6.07, 6.45) is 0.948. The first-order chi connectivity index (χ1) is 9.06. The number of hydrogen-bond acceptors (Lipinski definition) is 4. The number of aryl methyl sites for hydroxylation is 2. The van der Waals surface area contributed by atoms with Crippen molar-refractivity contribution in [3.05, 3.63) is 35.3 Å². The van der Waals surface area contributed by atoms with E-state index < -0.39 is 6.10 Å². The van der Waals surface area contributed by atoms with Crippen molar-refractivity contribution in [3.8, 4) is 17.0 Å². The van der Waals surface area contributed by atoms with Gasteiger partial charge >= 0.3 is 0 Å². The molecule has 19 heavy (non-hydrogen) atoms. The van der Waals surface area contributed by atoms with Crippen LogP contribution in [0.25, 0.3) is 11.3 Å². The molecule has 0 fully saturated rings. The molecule has 1 atom stereocenters. The second kappa shape index (κ2) is 5.42. The third-order valence-electron chi connectivity index (χ3n) is 3.11. The lowest BCUT2D eigenvalue weighted by atomic mass is 10.0. The standard InChI is InChI=1S/C14H19N3O2/c1-8-4-10(5-9(2)13(8)19-3)11-7-16-14(17-11)12(18)6-15/h4-5,7,12,18H,6,15H2,1-3H3,(H,16,17). The lowest BCUT2D eigenvalue weighted by molar-refractivity contribution is 0.177. The Kier molecular flexibility index (Phi) is 3.87. The van der Waals surface area contributed by atoms with Gasteiger partial charge in [-0.1, -0.05) is 0 Å². The topological polar surface area (TPSA) is 84.2 Å². The number of methoxy groups -OCH3 is 1.